The predicted octanol–water partition coefficient (Wildman–Crippen LogP) is 3.25. The number of aromatic amines is 1. The number of hydrogen-bond donors (Lipinski definition) is 2. The fourth-order valence-electron chi connectivity index (χ4n) is 2.72. The Morgan fingerprint density at radius 3 is 2.70 bits per heavy atom. The van der Waals surface area contributed by atoms with E-state index in [1.165, 1.54) is 38.0 Å². The van der Waals surface area contributed by atoms with Crippen LogP contribution in [-0.4, -0.2) is 55.1 Å². The van der Waals surface area contributed by atoms with E-state index in [-0.39, 0.29) is 16.6 Å². The third kappa shape index (κ3) is 4.94. The van der Waals surface area contributed by atoms with Crippen molar-refractivity contribution >= 4 is 44.4 Å². The number of fused-ring (bicyclic) bond motifs is 1. The van der Waals surface area contributed by atoms with E-state index in [0.29, 0.717) is 17.5 Å². The molecule has 1 amide bonds. The van der Waals surface area contributed by atoms with Crippen molar-refractivity contribution in [2.45, 2.75) is 23.9 Å². The molecule has 0 atom stereocenters. The zero-order chi connectivity index (χ0) is 21.9. The van der Waals surface area contributed by atoms with Crippen LogP contribution in [-0.2, 0) is 14.8 Å². The first-order valence-corrected chi connectivity index (χ1v) is 11.7. The normalized spacial score (nSPS) is 11.8. The predicted molar refractivity (Wildman–Crippen MR) is 119 cm³/mol. The van der Waals surface area contributed by atoms with E-state index in [0.717, 1.165) is 26.7 Å². The molecule has 0 unspecified atom stereocenters. The number of hydrogen-bond acceptors (Lipinski definition) is 6. The van der Waals surface area contributed by atoms with Gasteiger partial charge in [0.05, 0.1) is 28.3 Å². The van der Waals surface area contributed by atoms with Crippen LogP contribution in [0.5, 0.6) is 5.75 Å². The highest BCUT2D eigenvalue weighted by Crippen LogP contribution is 2.25. The Kier molecular flexibility index (Phi) is 6.69. The molecule has 30 heavy (non-hydrogen) atoms. The van der Waals surface area contributed by atoms with Gasteiger partial charge in [0.15, 0.2) is 5.16 Å². The summed E-state index contributed by atoms with van der Waals surface area (Å²) in [6.07, 6.45) is 0. The zero-order valence-corrected chi connectivity index (χ0v) is 18.9. The van der Waals surface area contributed by atoms with Crippen LogP contribution in [0.25, 0.3) is 11.0 Å². The summed E-state index contributed by atoms with van der Waals surface area (Å²) in [6, 6.07) is 10.3. The second-order valence-corrected chi connectivity index (χ2v) is 9.87. The Balaban J connectivity index is 1.68. The first-order valence-electron chi connectivity index (χ1n) is 9.29. The average Bonchev–Trinajstić information content (AvgIpc) is 3.10. The number of ether oxygens (including phenoxy) is 1. The number of anilines is 1. The lowest BCUT2D eigenvalue weighted by Crippen LogP contribution is -2.22. The van der Waals surface area contributed by atoms with Crippen LogP contribution in [0.4, 0.5) is 5.69 Å². The maximum absolute atomic E-state index is 12.4. The molecule has 0 saturated heterocycles. The summed E-state index contributed by atoms with van der Waals surface area (Å²) in [7, 11) is -0.644. The lowest BCUT2D eigenvalue weighted by Gasteiger charge is -2.14. The monoisotopic (exact) mass is 448 g/mol. The third-order valence-electron chi connectivity index (χ3n) is 4.34. The van der Waals surface area contributed by atoms with Crippen molar-refractivity contribution in [3.8, 4) is 5.75 Å². The van der Waals surface area contributed by atoms with Gasteiger partial charge in [0.1, 0.15) is 5.75 Å². The quantitative estimate of drug-likeness (QED) is 0.513. The summed E-state index contributed by atoms with van der Waals surface area (Å²) >= 11 is 1.27. The zero-order valence-electron chi connectivity index (χ0n) is 17.2. The van der Waals surface area contributed by atoms with Gasteiger partial charge in [0.2, 0.25) is 15.9 Å². The molecule has 10 heteroatoms. The molecule has 160 valence electrons. The second kappa shape index (κ2) is 9.07. The maximum atomic E-state index is 12.4. The van der Waals surface area contributed by atoms with E-state index in [1.807, 2.05) is 32.0 Å². The molecule has 1 heterocycles. The highest BCUT2D eigenvalue weighted by molar-refractivity contribution is 7.99. The largest absolute Gasteiger partial charge is 0.494 e. The van der Waals surface area contributed by atoms with Gasteiger partial charge in [0, 0.05) is 25.8 Å². The van der Waals surface area contributed by atoms with Crippen molar-refractivity contribution in [3.63, 3.8) is 0 Å². The van der Waals surface area contributed by atoms with Crippen molar-refractivity contribution in [1.29, 1.82) is 0 Å². The fourth-order valence-corrected chi connectivity index (χ4v) is 4.33. The molecule has 0 aliphatic heterocycles. The number of carbonyl (C=O) groups excluding carboxylic acids is 1. The number of thioether (sulfide) groups is 1. The van der Waals surface area contributed by atoms with Crippen molar-refractivity contribution in [1.82, 2.24) is 14.3 Å². The summed E-state index contributed by atoms with van der Waals surface area (Å²) in [4.78, 5) is 20.2. The molecular weight excluding hydrogens is 424 g/mol. The van der Waals surface area contributed by atoms with E-state index >= 15 is 0 Å². The van der Waals surface area contributed by atoms with Gasteiger partial charge in [-0.2, -0.15) is 0 Å². The van der Waals surface area contributed by atoms with Gasteiger partial charge in [-0.15, -0.1) is 0 Å². The number of imidazole rings is 1. The molecule has 0 radical (unpaired) electrons. The highest BCUT2D eigenvalue weighted by atomic mass is 32.2. The van der Waals surface area contributed by atoms with Crippen molar-refractivity contribution in [3.05, 3.63) is 42.0 Å². The fraction of sp³-hybridized carbons (Fsp3) is 0.300. The van der Waals surface area contributed by atoms with Gasteiger partial charge < -0.3 is 15.0 Å². The van der Waals surface area contributed by atoms with Gasteiger partial charge in [-0.05, 0) is 43.7 Å². The first kappa shape index (κ1) is 22.1. The van der Waals surface area contributed by atoms with Crippen LogP contribution in [0.3, 0.4) is 0 Å². The van der Waals surface area contributed by atoms with E-state index in [4.69, 9.17) is 4.74 Å². The molecule has 3 rings (SSSR count). The average molecular weight is 449 g/mol. The topological polar surface area (TPSA) is 104 Å². The number of nitrogens with zero attached hydrogens (tertiary/aromatic N) is 2. The Labute approximate surface area is 180 Å². The van der Waals surface area contributed by atoms with Crippen LogP contribution < -0.4 is 10.1 Å². The summed E-state index contributed by atoms with van der Waals surface area (Å²) in [5.41, 5.74) is 2.87. The number of aryl methyl sites for hydroxylation is 1. The second-order valence-electron chi connectivity index (χ2n) is 6.75. The molecule has 1 aromatic heterocycles. The van der Waals surface area contributed by atoms with Crippen LogP contribution >= 0.6 is 11.8 Å². The number of carbonyl (C=O) groups is 1. The number of nitrogens with one attached hydrogen (secondary N) is 2. The Hall–Kier alpha value is -2.56. The molecule has 0 bridgehead atoms. The third-order valence-corrected chi connectivity index (χ3v) is 7.03. The van der Waals surface area contributed by atoms with Gasteiger partial charge in [-0.3, -0.25) is 4.79 Å². The minimum atomic E-state index is -3.58. The molecule has 0 saturated carbocycles. The molecule has 0 aliphatic rings. The van der Waals surface area contributed by atoms with Crippen LogP contribution in [0, 0.1) is 6.92 Å². The van der Waals surface area contributed by atoms with Gasteiger partial charge in [0.25, 0.3) is 0 Å². The van der Waals surface area contributed by atoms with Gasteiger partial charge in [-0.25, -0.2) is 17.7 Å². The minimum Gasteiger partial charge on any atom is -0.494 e. The number of amides is 1. The minimum absolute atomic E-state index is 0.127. The lowest BCUT2D eigenvalue weighted by molar-refractivity contribution is -0.113. The number of rotatable bonds is 8. The van der Waals surface area contributed by atoms with Crippen molar-refractivity contribution in [2.24, 2.45) is 0 Å². The van der Waals surface area contributed by atoms with E-state index in [2.05, 4.69) is 15.3 Å². The number of aromatic nitrogens is 2. The molecule has 2 N–H and O–H groups in total. The van der Waals surface area contributed by atoms with Gasteiger partial charge >= 0.3 is 0 Å². The molecule has 8 nitrogen and oxygen atoms in total. The first-order chi connectivity index (χ1) is 14.2. The number of sulfonamides is 1. The summed E-state index contributed by atoms with van der Waals surface area (Å²) in [5, 5.41) is 3.41. The summed E-state index contributed by atoms with van der Waals surface area (Å²) < 4.78 is 31.3. The Morgan fingerprint density at radius 1 is 1.23 bits per heavy atom. The summed E-state index contributed by atoms with van der Waals surface area (Å²) in [5.74, 6) is 0.631. The van der Waals surface area contributed by atoms with Crippen molar-refractivity contribution in [2.75, 3.05) is 31.8 Å². The van der Waals surface area contributed by atoms with Crippen molar-refractivity contribution < 1.29 is 17.9 Å². The molecule has 2 aromatic carbocycles. The van der Waals surface area contributed by atoms with E-state index in [9.17, 15) is 13.2 Å². The number of benzene rings is 2. The Morgan fingerprint density at radius 2 is 2.00 bits per heavy atom. The van der Waals surface area contributed by atoms with Gasteiger partial charge in [-0.1, -0.05) is 17.8 Å². The van der Waals surface area contributed by atoms with Crippen LogP contribution in [0.1, 0.15) is 12.5 Å². The summed E-state index contributed by atoms with van der Waals surface area (Å²) in [6.45, 7) is 4.31. The number of H-pyrrole nitrogens is 1. The Bertz CT molecular complexity index is 1170. The molecule has 0 fully saturated rings. The molecule has 0 aliphatic carbocycles. The molecular formula is C20H24N4O4S2. The standard InChI is InChI=1S/C20H24N4O4S2/c1-5-28-14-7-9-16-18(10-14)23-20(22-16)29-12-19(25)21-17-11-15(8-6-13(17)2)30(26,27)24(3)4/h6-11H,5,12H2,1-4H3,(H,21,25)(H,22,23). The smallest absolute Gasteiger partial charge is 0.242 e. The van der Waals surface area contributed by atoms with E-state index < -0.39 is 10.0 Å². The van der Waals surface area contributed by atoms with Crippen LogP contribution in [0.2, 0.25) is 0 Å². The lowest BCUT2D eigenvalue weighted by atomic mass is 10.2. The highest BCUT2D eigenvalue weighted by Gasteiger charge is 2.19. The van der Waals surface area contributed by atoms with Crippen LogP contribution in [0.15, 0.2) is 46.5 Å². The SMILES string of the molecule is CCOc1ccc2nc(SCC(=O)Nc3cc(S(=O)(=O)N(C)C)ccc3C)[nH]c2c1. The van der Waals surface area contributed by atoms with E-state index in [1.54, 1.807) is 6.07 Å². The maximum Gasteiger partial charge on any atom is 0.242 e. The molecule has 0 spiro atoms. The molecule has 3 aromatic rings.